The molecule has 2 aromatic rings. The van der Waals surface area contributed by atoms with Crippen LogP contribution < -0.4 is 5.32 Å². The van der Waals surface area contributed by atoms with Crippen LogP contribution >= 0.6 is 0 Å². The van der Waals surface area contributed by atoms with Crippen molar-refractivity contribution in [1.82, 2.24) is 9.80 Å². The summed E-state index contributed by atoms with van der Waals surface area (Å²) in [4.78, 5) is 29.6. The third-order valence-electron chi connectivity index (χ3n) is 6.05. The SMILES string of the molecule is CN1CCCC(C(=O)Nc2cc3c(c(-c4ccccc4)c2)CN(C(=O)OC(C)(C)C)C3)C1. The van der Waals surface area contributed by atoms with Gasteiger partial charge in [0.15, 0.2) is 0 Å². The molecule has 1 atom stereocenters. The number of amides is 2. The quantitative estimate of drug-likeness (QED) is 0.746. The van der Waals surface area contributed by atoms with E-state index in [9.17, 15) is 9.59 Å². The Bertz CT molecular complexity index is 997. The van der Waals surface area contributed by atoms with Crippen molar-refractivity contribution in [2.45, 2.75) is 52.3 Å². The van der Waals surface area contributed by atoms with Gasteiger partial charge in [0.25, 0.3) is 0 Å². The van der Waals surface area contributed by atoms with Crippen LogP contribution in [-0.4, -0.2) is 47.5 Å². The van der Waals surface area contributed by atoms with Crippen LogP contribution in [0.15, 0.2) is 42.5 Å². The average Bonchev–Trinajstić information content (AvgIpc) is 3.17. The summed E-state index contributed by atoms with van der Waals surface area (Å²) in [5.74, 6) is 0.0675. The minimum atomic E-state index is -0.541. The van der Waals surface area contributed by atoms with Crippen molar-refractivity contribution in [3.63, 3.8) is 0 Å². The lowest BCUT2D eigenvalue weighted by Gasteiger charge is -2.28. The highest BCUT2D eigenvalue weighted by Crippen LogP contribution is 2.36. The third kappa shape index (κ3) is 5.13. The Kier molecular flexibility index (Phi) is 6.24. The van der Waals surface area contributed by atoms with Crippen molar-refractivity contribution in [3.05, 3.63) is 53.6 Å². The molecule has 0 spiro atoms. The Hall–Kier alpha value is -2.86. The first-order chi connectivity index (χ1) is 15.2. The van der Waals surface area contributed by atoms with Gasteiger partial charge < -0.3 is 15.0 Å². The predicted octanol–water partition coefficient (Wildman–Crippen LogP) is 4.88. The number of hydrogen-bond donors (Lipinski definition) is 1. The Balaban J connectivity index is 1.61. The molecule has 2 aliphatic rings. The lowest BCUT2D eigenvalue weighted by Crippen LogP contribution is -2.38. The van der Waals surface area contributed by atoms with Crippen LogP contribution in [0, 0.1) is 5.92 Å². The van der Waals surface area contributed by atoms with E-state index in [1.807, 2.05) is 51.1 Å². The second-order valence-corrected chi connectivity index (χ2v) is 9.95. The van der Waals surface area contributed by atoms with E-state index in [0.717, 1.165) is 53.9 Å². The average molecular weight is 436 g/mol. The van der Waals surface area contributed by atoms with Gasteiger partial charge in [0.2, 0.25) is 5.91 Å². The van der Waals surface area contributed by atoms with Crippen LogP contribution in [0.1, 0.15) is 44.7 Å². The standard InChI is InChI=1S/C26H33N3O3/c1-26(2,3)32-25(31)29-16-20-13-21(27-24(30)19-11-8-12-28(4)15-19)14-22(23(20)17-29)18-9-6-5-7-10-18/h5-7,9-10,13-14,19H,8,11-12,15-17H2,1-4H3,(H,27,30). The predicted molar refractivity (Wildman–Crippen MR) is 126 cm³/mol. The molecule has 1 N–H and O–H groups in total. The molecule has 2 aromatic carbocycles. The summed E-state index contributed by atoms with van der Waals surface area (Å²) in [5, 5.41) is 3.15. The van der Waals surface area contributed by atoms with Gasteiger partial charge in [-0.25, -0.2) is 4.79 Å². The minimum Gasteiger partial charge on any atom is -0.444 e. The van der Waals surface area contributed by atoms with Crippen molar-refractivity contribution >= 4 is 17.7 Å². The number of rotatable bonds is 3. The highest BCUT2D eigenvalue weighted by molar-refractivity contribution is 5.94. The van der Waals surface area contributed by atoms with Gasteiger partial charge in [-0.1, -0.05) is 30.3 Å². The molecule has 4 rings (SSSR count). The maximum Gasteiger partial charge on any atom is 0.410 e. The van der Waals surface area contributed by atoms with E-state index in [-0.39, 0.29) is 17.9 Å². The van der Waals surface area contributed by atoms with Crippen LogP contribution in [0.4, 0.5) is 10.5 Å². The normalized spacial score (nSPS) is 18.9. The topological polar surface area (TPSA) is 61.9 Å². The van der Waals surface area contributed by atoms with Gasteiger partial charge in [-0.05, 0) is 81.6 Å². The fraction of sp³-hybridized carbons (Fsp3) is 0.462. The Morgan fingerprint density at radius 2 is 1.84 bits per heavy atom. The van der Waals surface area contributed by atoms with Crippen molar-refractivity contribution in [2.24, 2.45) is 5.92 Å². The highest BCUT2D eigenvalue weighted by atomic mass is 16.6. The molecule has 6 nitrogen and oxygen atoms in total. The zero-order valence-corrected chi connectivity index (χ0v) is 19.5. The van der Waals surface area contributed by atoms with Gasteiger partial charge in [-0.2, -0.15) is 0 Å². The summed E-state index contributed by atoms with van der Waals surface area (Å²) in [6.45, 7) is 8.42. The smallest absolute Gasteiger partial charge is 0.410 e. The molecular formula is C26H33N3O3. The largest absolute Gasteiger partial charge is 0.444 e. The number of nitrogens with zero attached hydrogens (tertiary/aromatic N) is 2. The van der Waals surface area contributed by atoms with Crippen molar-refractivity contribution < 1.29 is 14.3 Å². The van der Waals surface area contributed by atoms with E-state index < -0.39 is 5.60 Å². The summed E-state index contributed by atoms with van der Waals surface area (Å²) in [6.07, 6.45) is 1.64. The van der Waals surface area contributed by atoms with Crippen LogP contribution in [-0.2, 0) is 22.6 Å². The summed E-state index contributed by atoms with van der Waals surface area (Å²) in [5.41, 5.74) is 4.52. The summed E-state index contributed by atoms with van der Waals surface area (Å²) in [7, 11) is 2.06. The molecule has 6 heteroatoms. The second kappa shape index (κ2) is 8.94. The number of nitrogens with one attached hydrogen (secondary N) is 1. The zero-order valence-electron chi connectivity index (χ0n) is 19.5. The van der Waals surface area contributed by atoms with Crippen LogP contribution in [0.25, 0.3) is 11.1 Å². The molecule has 0 aromatic heterocycles. The van der Waals surface area contributed by atoms with E-state index >= 15 is 0 Å². The fourth-order valence-electron chi connectivity index (χ4n) is 4.54. The molecule has 0 bridgehead atoms. The maximum atomic E-state index is 13.0. The Morgan fingerprint density at radius 3 is 2.53 bits per heavy atom. The lowest BCUT2D eigenvalue weighted by molar-refractivity contribution is -0.121. The Morgan fingerprint density at radius 1 is 1.09 bits per heavy atom. The summed E-state index contributed by atoms with van der Waals surface area (Å²) < 4.78 is 5.60. The van der Waals surface area contributed by atoms with E-state index in [1.54, 1.807) is 4.90 Å². The number of piperidine rings is 1. The van der Waals surface area contributed by atoms with Gasteiger partial charge >= 0.3 is 6.09 Å². The third-order valence-corrected chi connectivity index (χ3v) is 6.05. The van der Waals surface area contributed by atoms with Gasteiger partial charge in [0, 0.05) is 18.8 Å². The number of carbonyl (C=O) groups excluding carboxylic acids is 2. The van der Waals surface area contributed by atoms with Gasteiger partial charge in [-0.15, -0.1) is 0 Å². The summed E-state index contributed by atoms with van der Waals surface area (Å²) >= 11 is 0. The van der Waals surface area contributed by atoms with E-state index in [0.29, 0.717) is 13.1 Å². The molecule has 1 fully saturated rings. The molecule has 1 unspecified atom stereocenters. The number of ether oxygens (including phenoxy) is 1. The van der Waals surface area contributed by atoms with E-state index in [4.69, 9.17) is 4.74 Å². The number of likely N-dealkylation sites (tertiary alicyclic amines) is 1. The van der Waals surface area contributed by atoms with Crippen molar-refractivity contribution in [1.29, 1.82) is 0 Å². The number of anilines is 1. The molecule has 1 saturated heterocycles. The van der Waals surface area contributed by atoms with Crippen LogP contribution in [0.5, 0.6) is 0 Å². The number of carbonyl (C=O) groups is 2. The highest BCUT2D eigenvalue weighted by Gasteiger charge is 2.31. The zero-order chi connectivity index (χ0) is 22.9. The molecular weight excluding hydrogens is 402 g/mol. The summed E-state index contributed by atoms with van der Waals surface area (Å²) in [6, 6.07) is 14.2. The molecule has 0 saturated carbocycles. The molecule has 2 amide bonds. The molecule has 0 radical (unpaired) electrons. The van der Waals surface area contributed by atoms with Gasteiger partial charge in [-0.3, -0.25) is 9.69 Å². The first-order valence-corrected chi connectivity index (χ1v) is 11.4. The van der Waals surface area contributed by atoms with Crippen molar-refractivity contribution in [2.75, 3.05) is 25.5 Å². The number of benzene rings is 2. The second-order valence-electron chi connectivity index (χ2n) is 9.95. The van der Waals surface area contributed by atoms with Crippen LogP contribution in [0.3, 0.4) is 0 Å². The maximum absolute atomic E-state index is 13.0. The lowest BCUT2D eigenvalue weighted by atomic mass is 9.95. The van der Waals surface area contributed by atoms with Crippen molar-refractivity contribution in [3.8, 4) is 11.1 Å². The van der Waals surface area contributed by atoms with E-state index in [1.165, 1.54) is 0 Å². The monoisotopic (exact) mass is 435 g/mol. The number of hydrogen-bond acceptors (Lipinski definition) is 4. The van der Waals surface area contributed by atoms with Crippen LogP contribution in [0.2, 0.25) is 0 Å². The van der Waals surface area contributed by atoms with E-state index in [2.05, 4.69) is 29.4 Å². The Labute approximate surface area is 190 Å². The molecule has 0 aliphatic carbocycles. The number of fused-ring (bicyclic) bond motifs is 1. The minimum absolute atomic E-state index is 0.000409. The molecule has 2 aliphatic heterocycles. The molecule has 170 valence electrons. The molecule has 32 heavy (non-hydrogen) atoms. The van der Waals surface area contributed by atoms with Gasteiger partial charge in [0.05, 0.1) is 12.5 Å². The fourth-order valence-corrected chi connectivity index (χ4v) is 4.54. The molecule has 2 heterocycles. The first kappa shape index (κ1) is 22.3. The van der Waals surface area contributed by atoms with Gasteiger partial charge in [0.1, 0.15) is 5.60 Å². The first-order valence-electron chi connectivity index (χ1n) is 11.4.